The van der Waals surface area contributed by atoms with Gasteiger partial charge in [-0.2, -0.15) is 0 Å². The van der Waals surface area contributed by atoms with Crippen LogP contribution in [-0.4, -0.2) is 107 Å². The zero-order valence-electron chi connectivity index (χ0n) is 35.6. The number of nitrogens with one attached hydrogen (secondary N) is 4. The fourth-order valence-corrected chi connectivity index (χ4v) is 5.01. The standard InChI is InChI=1S/C41H67N5O12/c1-28(2)35(46-34(49)16-20-54-19-15-33(48)40(3,4)5)32(47)26-30(10-9-17-43-38(42)52)36(50)45-31-13-11-29(12-14-31)27-58-39(53)44-18-21-55-22-23-56-24-25-57-37(51)41(6,7)8/h11-14,28,30,35H,9-10,15-27H2,1-8H3,(H,44,53)(H,45,50)(H,46,49)(H3,42,43,52)/t30-,35+/m0/s1. The molecule has 0 aliphatic heterocycles. The van der Waals surface area contributed by atoms with Crippen LogP contribution in [0.4, 0.5) is 15.3 Å². The van der Waals surface area contributed by atoms with E-state index in [1.54, 1.807) is 58.9 Å². The SMILES string of the molecule is CC(C)[C@@H](NC(=O)CCOCCC(=O)C(C)(C)C)C(=O)C[C@H](CCCNC(N)=O)C(=O)Nc1ccc(COC(=O)NCCOCCOCCOC(=O)C(C)(C)C)cc1. The maximum atomic E-state index is 13.5. The van der Waals surface area contributed by atoms with Gasteiger partial charge in [0.2, 0.25) is 11.8 Å². The number of Topliss-reactive ketones (excluding diaryl/α,β-unsaturated/α-hetero) is 2. The number of carbonyl (C=O) groups excluding carboxylic acids is 7. The van der Waals surface area contributed by atoms with Gasteiger partial charge in [0.05, 0.1) is 51.1 Å². The van der Waals surface area contributed by atoms with Crippen molar-refractivity contribution in [2.75, 3.05) is 64.7 Å². The van der Waals surface area contributed by atoms with Gasteiger partial charge in [-0.3, -0.25) is 24.0 Å². The highest BCUT2D eigenvalue weighted by Crippen LogP contribution is 2.20. The van der Waals surface area contributed by atoms with E-state index in [0.717, 1.165) is 0 Å². The van der Waals surface area contributed by atoms with Crippen LogP contribution in [0.2, 0.25) is 0 Å². The predicted molar refractivity (Wildman–Crippen MR) is 217 cm³/mol. The molecule has 328 valence electrons. The number of hydrogen-bond donors (Lipinski definition) is 5. The highest BCUT2D eigenvalue weighted by atomic mass is 16.6. The predicted octanol–water partition coefficient (Wildman–Crippen LogP) is 4.05. The van der Waals surface area contributed by atoms with Crippen LogP contribution in [0.25, 0.3) is 0 Å². The highest BCUT2D eigenvalue weighted by Gasteiger charge is 2.30. The molecule has 0 unspecified atom stereocenters. The number of nitrogens with two attached hydrogens (primary N) is 1. The summed E-state index contributed by atoms with van der Waals surface area (Å²) in [6, 6.07) is 5.11. The summed E-state index contributed by atoms with van der Waals surface area (Å²) in [7, 11) is 0. The van der Waals surface area contributed by atoms with Crippen molar-refractivity contribution < 1.29 is 57.2 Å². The molecule has 0 fully saturated rings. The molecule has 58 heavy (non-hydrogen) atoms. The smallest absolute Gasteiger partial charge is 0.407 e. The number of alkyl carbamates (subject to hydrolysis) is 1. The normalized spacial score (nSPS) is 12.6. The largest absolute Gasteiger partial charge is 0.463 e. The summed E-state index contributed by atoms with van der Waals surface area (Å²) in [5.41, 5.74) is 5.26. The van der Waals surface area contributed by atoms with Gasteiger partial charge in [-0.15, -0.1) is 0 Å². The number of esters is 1. The first-order valence-electron chi connectivity index (χ1n) is 19.8. The van der Waals surface area contributed by atoms with Crippen molar-refractivity contribution in [1.29, 1.82) is 0 Å². The molecule has 0 heterocycles. The zero-order valence-corrected chi connectivity index (χ0v) is 35.6. The lowest BCUT2D eigenvalue weighted by atomic mass is 9.89. The first kappa shape index (κ1) is 51.4. The third-order valence-corrected chi connectivity index (χ3v) is 8.51. The quantitative estimate of drug-likeness (QED) is 0.0595. The van der Waals surface area contributed by atoms with E-state index in [1.807, 2.05) is 20.8 Å². The van der Waals surface area contributed by atoms with Gasteiger partial charge < -0.3 is 50.7 Å². The van der Waals surface area contributed by atoms with Gasteiger partial charge in [-0.25, -0.2) is 9.59 Å². The van der Waals surface area contributed by atoms with Crippen LogP contribution in [0.1, 0.15) is 93.1 Å². The molecule has 1 rings (SSSR count). The minimum absolute atomic E-state index is 0.00199. The van der Waals surface area contributed by atoms with Crippen molar-refractivity contribution in [3.63, 3.8) is 0 Å². The monoisotopic (exact) mass is 821 g/mol. The Morgan fingerprint density at radius 2 is 1.31 bits per heavy atom. The highest BCUT2D eigenvalue weighted by molar-refractivity contribution is 5.97. The Labute approximate surface area is 342 Å². The van der Waals surface area contributed by atoms with Crippen molar-refractivity contribution in [3.05, 3.63) is 29.8 Å². The number of rotatable bonds is 28. The Balaban J connectivity index is 2.58. The number of ether oxygens (including phenoxy) is 5. The molecule has 0 aliphatic rings. The van der Waals surface area contributed by atoms with E-state index in [2.05, 4.69) is 21.3 Å². The maximum absolute atomic E-state index is 13.5. The molecule has 0 bridgehead atoms. The molecule has 0 aromatic heterocycles. The lowest BCUT2D eigenvalue weighted by molar-refractivity contribution is -0.154. The molecule has 5 amide bonds. The second-order valence-electron chi connectivity index (χ2n) is 16.2. The van der Waals surface area contributed by atoms with Crippen LogP contribution in [0.5, 0.6) is 0 Å². The number of amides is 5. The molecule has 0 spiro atoms. The van der Waals surface area contributed by atoms with Crippen molar-refractivity contribution in [2.24, 2.45) is 28.4 Å². The molecule has 0 saturated heterocycles. The van der Waals surface area contributed by atoms with Gasteiger partial charge in [0.25, 0.3) is 0 Å². The molecular weight excluding hydrogens is 754 g/mol. The molecule has 1 aromatic carbocycles. The summed E-state index contributed by atoms with van der Waals surface area (Å²) in [5, 5.41) is 10.7. The Morgan fingerprint density at radius 3 is 1.91 bits per heavy atom. The minimum atomic E-state index is -0.846. The molecule has 0 radical (unpaired) electrons. The zero-order chi connectivity index (χ0) is 43.7. The second kappa shape index (κ2) is 27.1. The molecule has 1 aromatic rings. The van der Waals surface area contributed by atoms with Crippen LogP contribution in [0, 0.1) is 22.7 Å². The number of carbonyl (C=O) groups is 7. The van der Waals surface area contributed by atoms with Crippen LogP contribution >= 0.6 is 0 Å². The minimum Gasteiger partial charge on any atom is -0.463 e. The molecule has 17 heteroatoms. The van der Waals surface area contributed by atoms with E-state index in [-0.39, 0.29) is 108 Å². The number of primary amides is 1. The average molecular weight is 822 g/mol. The van der Waals surface area contributed by atoms with Gasteiger partial charge >= 0.3 is 18.1 Å². The fraction of sp³-hybridized carbons (Fsp3) is 0.683. The third kappa shape index (κ3) is 23.6. The maximum Gasteiger partial charge on any atom is 0.407 e. The molecule has 17 nitrogen and oxygen atoms in total. The topological polar surface area (TPSA) is 240 Å². The Hall–Kier alpha value is -4.61. The third-order valence-electron chi connectivity index (χ3n) is 8.51. The molecule has 2 atom stereocenters. The average Bonchev–Trinajstić information content (AvgIpc) is 3.13. The van der Waals surface area contributed by atoms with Crippen molar-refractivity contribution in [1.82, 2.24) is 16.0 Å². The van der Waals surface area contributed by atoms with E-state index in [1.165, 1.54) is 0 Å². The second-order valence-corrected chi connectivity index (χ2v) is 16.2. The summed E-state index contributed by atoms with van der Waals surface area (Å²) in [6.45, 7) is 16.4. The Bertz CT molecular complexity index is 1450. The number of hydrogen-bond acceptors (Lipinski definition) is 12. The van der Waals surface area contributed by atoms with Crippen LogP contribution in [0.3, 0.4) is 0 Å². The van der Waals surface area contributed by atoms with Gasteiger partial charge in [0.1, 0.15) is 19.0 Å². The molecule has 0 saturated carbocycles. The molecule has 6 N–H and O–H groups in total. The molecular formula is C41H67N5O12. The van der Waals surface area contributed by atoms with Crippen LogP contribution in [-0.2, 0) is 54.3 Å². The van der Waals surface area contributed by atoms with E-state index >= 15 is 0 Å². The van der Waals surface area contributed by atoms with E-state index < -0.39 is 40.8 Å². The number of benzene rings is 1. The lowest BCUT2D eigenvalue weighted by Crippen LogP contribution is -2.45. The van der Waals surface area contributed by atoms with E-state index in [9.17, 15) is 33.6 Å². The summed E-state index contributed by atoms with van der Waals surface area (Å²) in [5.74, 6) is -2.40. The van der Waals surface area contributed by atoms with Gasteiger partial charge in [0.15, 0.2) is 5.78 Å². The van der Waals surface area contributed by atoms with Crippen molar-refractivity contribution in [3.8, 4) is 0 Å². The van der Waals surface area contributed by atoms with Crippen molar-refractivity contribution >= 4 is 47.2 Å². The summed E-state index contributed by atoms with van der Waals surface area (Å²) in [4.78, 5) is 86.8. The lowest BCUT2D eigenvalue weighted by Gasteiger charge is -2.24. The summed E-state index contributed by atoms with van der Waals surface area (Å²) in [6.07, 6.45) is 0.0826. The summed E-state index contributed by atoms with van der Waals surface area (Å²) < 4.78 is 26.6. The van der Waals surface area contributed by atoms with Crippen LogP contribution in [0.15, 0.2) is 24.3 Å². The van der Waals surface area contributed by atoms with E-state index in [4.69, 9.17) is 29.4 Å². The van der Waals surface area contributed by atoms with Gasteiger partial charge in [-0.1, -0.05) is 46.8 Å². The van der Waals surface area contributed by atoms with E-state index in [0.29, 0.717) is 30.9 Å². The number of anilines is 1. The number of urea groups is 1. The van der Waals surface area contributed by atoms with Gasteiger partial charge in [0, 0.05) is 49.4 Å². The first-order valence-corrected chi connectivity index (χ1v) is 19.8. The Kier molecular flexibility index (Phi) is 24.1. The van der Waals surface area contributed by atoms with Crippen molar-refractivity contribution in [2.45, 2.75) is 100 Å². The fourth-order valence-electron chi connectivity index (χ4n) is 5.01. The number of ketones is 2. The molecule has 0 aliphatic carbocycles. The van der Waals surface area contributed by atoms with Crippen LogP contribution < -0.4 is 27.0 Å². The van der Waals surface area contributed by atoms with Gasteiger partial charge in [-0.05, 0) is 57.2 Å². The summed E-state index contributed by atoms with van der Waals surface area (Å²) >= 11 is 0. The first-order chi connectivity index (χ1) is 27.2. The Morgan fingerprint density at radius 1 is 0.707 bits per heavy atom.